The highest BCUT2D eigenvalue weighted by Crippen LogP contribution is 2.17. The zero-order valence-corrected chi connectivity index (χ0v) is 46.3. The third-order valence-corrected chi connectivity index (χ3v) is 13.0. The Labute approximate surface area is 433 Å². The van der Waals surface area contributed by atoms with Crippen LogP contribution in [0.15, 0.2) is 72.9 Å². The molecule has 0 saturated heterocycles. The fraction of sp³-hybridized carbons (Fsp3) is 0.766. The van der Waals surface area contributed by atoms with Crippen LogP contribution in [-0.2, 0) is 28.6 Å². The molecule has 1 atom stereocenters. The lowest BCUT2D eigenvalue weighted by molar-refractivity contribution is -0.166. The summed E-state index contributed by atoms with van der Waals surface area (Å²) in [7, 11) is 0. The lowest BCUT2D eigenvalue weighted by Crippen LogP contribution is -2.30. The average Bonchev–Trinajstić information content (AvgIpc) is 3.36. The van der Waals surface area contributed by atoms with Gasteiger partial charge in [-0.3, -0.25) is 14.4 Å². The minimum atomic E-state index is -0.810. The van der Waals surface area contributed by atoms with Crippen molar-refractivity contribution in [2.24, 2.45) is 0 Å². The van der Waals surface area contributed by atoms with E-state index in [0.29, 0.717) is 19.3 Å². The van der Waals surface area contributed by atoms with E-state index in [1.807, 2.05) is 6.08 Å². The Bertz CT molecular complexity index is 1310. The summed E-state index contributed by atoms with van der Waals surface area (Å²) in [6.07, 6.45) is 75.0. The van der Waals surface area contributed by atoms with Crippen molar-refractivity contribution in [3.8, 4) is 0 Å². The first-order valence-corrected chi connectivity index (χ1v) is 29.9. The quantitative estimate of drug-likeness (QED) is 0.0261. The van der Waals surface area contributed by atoms with E-state index in [4.69, 9.17) is 14.2 Å². The molecule has 0 heterocycles. The van der Waals surface area contributed by atoms with Gasteiger partial charge in [-0.25, -0.2) is 0 Å². The van der Waals surface area contributed by atoms with Crippen molar-refractivity contribution in [3.05, 3.63) is 72.9 Å². The number of hydrogen-bond donors (Lipinski definition) is 0. The van der Waals surface area contributed by atoms with Gasteiger partial charge in [0.15, 0.2) is 6.10 Å². The summed E-state index contributed by atoms with van der Waals surface area (Å²) < 4.78 is 16.8. The van der Waals surface area contributed by atoms with Crippen LogP contribution < -0.4 is 0 Å². The summed E-state index contributed by atoms with van der Waals surface area (Å²) in [5, 5.41) is 0. The fourth-order valence-electron chi connectivity index (χ4n) is 8.49. The molecule has 0 bridgehead atoms. The normalized spacial score (nSPS) is 12.6. The molecule has 6 nitrogen and oxygen atoms in total. The second kappa shape index (κ2) is 58.4. The van der Waals surface area contributed by atoms with Crippen LogP contribution in [0.25, 0.3) is 0 Å². The number of rotatable bonds is 54. The third kappa shape index (κ3) is 55.8. The van der Waals surface area contributed by atoms with Gasteiger partial charge < -0.3 is 14.2 Å². The van der Waals surface area contributed by atoms with Crippen LogP contribution in [0.4, 0.5) is 0 Å². The van der Waals surface area contributed by atoms with Crippen LogP contribution >= 0.6 is 0 Å². The maximum absolute atomic E-state index is 12.8. The van der Waals surface area contributed by atoms with Crippen LogP contribution in [0.2, 0.25) is 0 Å². The Kier molecular flexibility index (Phi) is 55.8. The predicted molar refractivity (Wildman–Crippen MR) is 302 cm³/mol. The van der Waals surface area contributed by atoms with E-state index in [9.17, 15) is 14.4 Å². The van der Waals surface area contributed by atoms with E-state index < -0.39 is 6.10 Å². The van der Waals surface area contributed by atoms with Crippen molar-refractivity contribution in [1.82, 2.24) is 0 Å². The molecule has 0 amide bonds. The molecule has 0 aliphatic heterocycles. The number of unbranched alkanes of at least 4 members (excludes halogenated alkanes) is 31. The SMILES string of the molecule is CC/C=C\C/C=C\C/C=C\C/C=C\CCC(=O)OCC(COC(=O)CCCCCCCCCCCCCCCCCCCCCCCCC)OC(=O)CCCCCCC/C=C\C/C=C\CCCCCC. The van der Waals surface area contributed by atoms with Gasteiger partial charge in [-0.1, -0.05) is 273 Å². The maximum atomic E-state index is 12.8. The summed E-state index contributed by atoms with van der Waals surface area (Å²) in [6, 6.07) is 0. The Balaban J connectivity index is 4.34. The minimum Gasteiger partial charge on any atom is -0.462 e. The largest absolute Gasteiger partial charge is 0.462 e. The molecule has 0 aromatic heterocycles. The number of ether oxygens (including phenoxy) is 3. The van der Waals surface area contributed by atoms with Gasteiger partial charge in [-0.05, 0) is 77.0 Å². The molecule has 0 rings (SSSR count). The Morgan fingerprint density at radius 3 is 0.971 bits per heavy atom. The predicted octanol–water partition coefficient (Wildman–Crippen LogP) is 20.2. The van der Waals surface area contributed by atoms with Crippen LogP contribution in [0.5, 0.6) is 0 Å². The molecule has 404 valence electrons. The van der Waals surface area contributed by atoms with Crippen LogP contribution in [0, 0.1) is 0 Å². The summed E-state index contributed by atoms with van der Waals surface area (Å²) >= 11 is 0. The number of esters is 3. The molecule has 0 radical (unpaired) electrons. The fourth-order valence-corrected chi connectivity index (χ4v) is 8.49. The molecule has 0 aromatic carbocycles. The maximum Gasteiger partial charge on any atom is 0.306 e. The molecule has 1 unspecified atom stereocenters. The van der Waals surface area contributed by atoms with Crippen LogP contribution in [-0.4, -0.2) is 37.2 Å². The molecule has 0 spiro atoms. The lowest BCUT2D eigenvalue weighted by Gasteiger charge is -2.18. The van der Waals surface area contributed by atoms with Gasteiger partial charge in [0.25, 0.3) is 0 Å². The van der Waals surface area contributed by atoms with Gasteiger partial charge in [-0.15, -0.1) is 0 Å². The standard InChI is InChI=1S/C64H112O6/c1-4-7-10-13-16-19-22-25-27-29-30-31-32-33-34-35-37-39-42-45-48-51-54-57-63(66)69-60-61(59-68-62(65)56-53-50-47-44-41-38-24-21-18-15-12-9-6-3)70-64(67)58-55-52-49-46-43-40-36-28-26-23-20-17-14-11-8-5-2/h9,12,18,20-21,23,28,36,38,41,47,50,61H,4-8,10-11,13-17,19,22,24-27,29-35,37,39-40,42-46,48-49,51-60H2,1-3H3/b12-9-,21-18-,23-20-,36-28-,41-38-,50-47-. The molecule has 0 N–H and O–H groups in total. The summed E-state index contributed by atoms with van der Waals surface area (Å²) in [5.41, 5.74) is 0. The van der Waals surface area contributed by atoms with Gasteiger partial charge >= 0.3 is 17.9 Å². The van der Waals surface area contributed by atoms with Crippen molar-refractivity contribution >= 4 is 17.9 Å². The average molecular weight is 978 g/mol. The molecule has 0 aliphatic rings. The van der Waals surface area contributed by atoms with Crippen LogP contribution in [0.1, 0.15) is 297 Å². The van der Waals surface area contributed by atoms with Crippen molar-refractivity contribution in [2.75, 3.05) is 13.2 Å². The Hall–Kier alpha value is -3.15. The zero-order valence-electron chi connectivity index (χ0n) is 46.3. The van der Waals surface area contributed by atoms with Crippen molar-refractivity contribution in [3.63, 3.8) is 0 Å². The molecule has 0 aliphatic carbocycles. The molecule has 0 aromatic rings. The van der Waals surface area contributed by atoms with Gasteiger partial charge in [0.05, 0.1) is 0 Å². The van der Waals surface area contributed by atoms with E-state index in [1.165, 1.54) is 161 Å². The molecule has 70 heavy (non-hydrogen) atoms. The first-order chi connectivity index (χ1) is 34.5. The van der Waals surface area contributed by atoms with Crippen molar-refractivity contribution in [2.45, 2.75) is 303 Å². The van der Waals surface area contributed by atoms with E-state index in [-0.39, 0.29) is 37.5 Å². The highest BCUT2D eigenvalue weighted by atomic mass is 16.6. The lowest BCUT2D eigenvalue weighted by atomic mass is 10.0. The summed E-state index contributed by atoms with van der Waals surface area (Å²) in [4.78, 5) is 38.1. The highest BCUT2D eigenvalue weighted by Gasteiger charge is 2.19. The smallest absolute Gasteiger partial charge is 0.306 e. The second-order valence-electron chi connectivity index (χ2n) is 19.9. The summed E-state index contributed by atoms with van der Waals surface area (Å²) in [6.45, 7) is 6.46. The molecule has 0 saturated carbocycles. The number of hydrogen-bond acceptors (Lipinski definition) is 6. The van der Waals surface area contributed by atoms with E-state index >= 15 is 0 Å². The van der Waals surface area contributed by atoms with Crippen molar-refractivity contribution < 1.29 is 28.6 Å². The van der Waals surface area contributed by atoms with Gasteiger partial charge in [0.2, 0.25) is 0 Å². The second-order valence-corrected chi connectivity index (χ2v) is 19.9. The molecular weight excluding hydrogens is 865 g/mol. The van der Waals surface area contributed by atoms with Gasteiger partial charge in [0.1, 0.15) is 13.2 Å². The highest BCUT2D eigenvalue weighted by molar-refractivity contribution is 5.71. The number of carbonyl (C=O) groups excluding carboxylic acids is 3. The Morgan fingerprint density at radius 2 is 0.586 bits per heavy atom. The van der Waals surface area contributed by atoms with E-state index in [0.717, 1.165) is 89.9 Å². The first-order valence-electron chi connectivity index (χ1n) is 29.9. The third-order valence-electron chi connectivity index (χ3n) is 13.0. The van der Waals surface area contributed by atoms with Gasteiger partial charge in [0, 0.05) is 19.3 Å². The molecule has 6 heteroatoms. The van der Waals surface area contributed by atoms with Crippen LogP contribution in [0.3, 0.4) is 0 Å². The molecule has 0 fully saturated rings. The first kappa shape index (κ1) is 66.9. The zero-order chi connectivity index (χ0) is 50.7. The number of carbonyl (C=O) groups is 3. The monoisotopic (exact) mass is 977 g/mol. The van der Waals surface area contributed by atoms with E-state index in [2.05, 4.69) is 87.6 Å². The topological polar surface area (TPSA) is 78.9 Å². The van der Waals surface area contributed by atoms with Crippen molar-refractivity contribution in [1.29, 1.82) is 0 Å². The van der Waals surface area contributed by atoms with E-state index in [1.54, 1.807) is 0 Å². The van der Waals surface area contributed by atoms with Gasteiger partial charge in [-0.2, -0.15) is 0 Å². The minimum absolute atomic E-state index is 0.101. The number of allylic oxidation sites excluding steroid dienone is 12. The summed E-state index contributed by atoms with van der Waals surface area (Å²) in [5.74, 6) is -0.989. The molecular formula is C64H112O6. The Morgan fingerprint density at radius 1 is 0.300 bits per heavy atom.